The Morgan fingerprint density at radius 1 is 1.07 bits per heavy atom. The summed E-state index contributed by atoms with van der Waals surface area (Å²) < 4.78 is 15.3. The van der Waals surface area contributed by atoms with Gasteiger partial charge in [-0.3, -0.25) is 14.4 Å². The Morgan fingerprint density at radius 3 is 2.32 bits per heavy atom. The van der Waals surface area contributed by atoms with Crippen LogP contribution in [0.3, 0.4) is 0 Å². The Kier molecular flexibility index (Phi) is 7.82. The second-order valence-electron chi connectivity index (χ2n) is 5.71. The van der Waals surface area contributed by atoms with Gasteiger partial charge in [0.05, 0.1) is 20.8 Å². The van der Waals surface area contributed by atoms with Gasteiger partial charge in [0.1, 0.15) is 18.0 Å². The van der Waals surface area contributed by atoms with Crippen LogP contribution in [0.4, 0.5) is 0 Å². The second-order valence-corrected chi connectivity index (χ2v) is 6.75. The molecule has 2 amide bonds. The first-order valence-corrected chi connectivity index (χ1v) is 9.31. The molecule has 2 aromatic rings. The van der Waals surface area contributed by atoms with Gasteiger partial charge < -0.3 is 24.8 Å². The fraction of sp³-hybridized carbons (Fsp3) is 0.316. The third kappa shape index (κ3) is 6.27. The SMILES string of the molecule is COc1cc(OC)cc(C(=O)NCC(=O)O[C@H](C)C(=O)NCc2cccs2)c1. The minimum absolute atomic E-state index is 0.269. The number of thiophene rings is 1. The molecule has 9 heteroatoms. The van der Waals surface area contributed by atoms with E-state index in [1.807, 2.05) is 17.5 Å². The van der Waals surface area contributed by atoms with Gasteiger partial charge in [0, 0.05) is 16.5 Å². The maximum atomic E-state index is 12.2. The van der Waals surface area contributed by atoms with Crippen molar-refractivity contribution < 1.29 is 28.6 Å². The first kappa shape index (κ1) is 21.2. The molecule has 0 saturated heterocycles. The van der Waals surface area contributed by atoms with E-state index in [0.717, 1.165) is 4.88 Å². The molecule has 1 aromatic carbocycles. The average Bonchev–Trinajstić information content (AvgIpc) is 3.23. The van der Waals surface area contributed by atoms with Gasteiger partial charge in [0.2, 0.25) is 0 Å². The molecule has 0 unspecified atom stereocenters. The number of carbonyl (C=O) groups is 3. The van der Waals surface area contributed by atoms with E-state index < -0.39 is 23.9 Å². The van der Waals surface area contributed by atoms with Crippen molar-refractivity contribution in [3.63, 3.8) is 0 Å². The lowest BCUT2D eigenvalue weighted by atomic mass is 10.2. The van der Waals surface area contributed by atoms with Crippen LogP contribution in [0, 0.1) is 0 Å². The molecule has 0 spiro atoms. The molecule has 0 aliphatic heterocycles. The van der Waals surface area contributed by atoms with Crippen molar-refractivity contribution in [1.82, 2.24) is 10.6 Å². The summed E-state index contributed by atoms with van der Waals surface area (Å²) in [7, 11) is 2.94. The van der Waals surface area contributed by atoms with Crippen molar-refractivity contribution in [1.29, 1.82) is 0 Å². The summed E-state index contributed by atoms with van der Waals surface area (Å²) in [6.45, 7) is 1.46. The summed E-state index contributed by atoms with van der Waals surface area (Å²) in [5, 5.41) is 7.04. The molecule has 1 heterocycles. The van der Waals surface area contributed by atoms with Crippen molar-refractivity contribution in [2.24, 2.45) is 0 Å². The van der Waals surface area contributed by atoms with Crippen LogP contribution >= 0.6 is 11.3 Å². The monoisotopic (exact) mass is 406 g/mol. The number of benzene rings is 1. The largest absolute Gasteiger partial charge is 0.497 e. The first-order valence-electron chi connectivity index (χ1n) is 8.43. The summed E-state index contributed by atoms with van der Waals surface area (Å²) in [6.07, 6.45) is -0.971. The molecule has 0 aliphatic rings. The van der Waals surface area contributed by atoms with E-state index in [0.29, 0.717) is 18.0 Å². The predicted octanol–water partition coefficient (Wildman–Crippen LogP) is 1.74. The number of rotatable bonds is 9. The quantitative estimate of drug-likeness (QED) is 0.615. The van der Waals surface area contributed by atoms with E-state index >= 15 is 0 Å². The lowest BCUT2D eigenvalue weighted by Crippen LogP contribution is -2.38. The van der Waals surface area contributed by atoms with Gasteiger partial charge >= 0.3 is 5.97 Å². The average molecular weight is 406 g/mol. The topological polar surface area (TPSA) is 103 Å². The number of methoxy groups -OCH3 is 2. The van der Waals surface area contributed by atoms with Crippen molar-refractivity contribution in [2.75, 3.05) is 20.8 Å². The van der Waals surface area contributed by atoms with Crippen LogP contribution in [0.2, 0.25) is 0 Å². The highest BCUT2D eigenvalue weighted by atomic mass is 32.1. The van der Waals surface area contributed by atoms with Crippen molar-refractivity contribution in [2.45, 2.75) is 19.6 Å². The van der Waals surface area contributed by atoms with Gasteiger partial charge in [-0.25, -0.2) is 0 Å². The van der Waals surface area contributed by atoms with Crippen LogP contribution in [-0.2, 0) is 20.9 Å². The molecule has 2 N–H and O–H groups in total. The molecular formula is C19H22N2O6S. The Hall–Kier alpha value is -3.07. The maximum Gasteiger partial charge on any atom is 0.326 e. The maximum absolute atomic E-state index is 12.2. The molecule has 28 heavy (non-hydrogen) atoms. The number of hydrogen-bond donors (Lipinski definition) is 2. The van der Waals surface area contributed by atoms with Gasteiger partial charge in [0.15, 0.2) is 6.10 Å². The lowest BCUT2D eigenvalue weighted by molar-refractivity contribution is -0.153. The number of hydrogen-bond acceptors (Lipinski definition) is 7. The Bertz CT molecular complexity index is 800. The van der Waals surface area contributed by atoms with Crippen molar-refractivity contribution >= 4 is 29.1 Å². The molecule has 0 bridgehead atoms. The molecular weight excluding hydrogens is 384 g/mol. The van der Waals surface area contributed by atoms with Crippen LogP contribution < -0.4 is 20.1 Å². The van der Waals surface area contributed by atoms with Gasteiger partial charge in [-0.15, -0.1) is 11.3 Å². The van der Waals surface area contributed by atoms with Gasteiger partial charge in [-0.05, 0) is 30.5 Å². The van der Waals surface area contributed by atoms with Crippen molar-refractivity contribution in [3.05, 3.63) is 46.2 Å². The molecule has 1 aromatic heterocycles. The fourth-order valence-corrected chi connectivity index (χ4v) is 2.86. The number of amides is 2. The molecule has 8 nitrogen and oxygen atoms in total. The zero-order valence-corrected chi connectivity index (χ0v) is 16.6. The minimum Gasteiger partial charge on any atom is -0.497 e. The number of esters is 1. The van der Waals surface area contributed by atoms with E-state index in [1.165, 1.54) is 44.6 Å². The highest BCUT2D eigenvalue weighted by Gasteiger charge is 2.18. The number of ether oxygens (including phenoxy) is 3. The fourth-order valence-electron chi connectivity index (χ4n) is 2.22. The number of carbonyl (C=O) groups excluding carboxylic acids is 3. The molecule has 0 saturated carbocycles. The highest BCUT2D eigenvalue weighted by Crippen LogP contribution is 2.22. The van der Waals surface area contributed by atoms with E-state index in [9.17, 15) is 14.4 Å². The summed E-state index contributed by atoms with van der Waals surface area (Å²) in [4.78, 5) is 37.1. The molecule has 0 radical (unpaired) electrons. The summed E-state index contributed by atoms with van der Waals surface area (Å²) in [6, 6.07) is 8.44. The lowest BCUT2D eigenvalue weighted by Gasteiger charge is -2.14. The smallest absolute Gasteiger partial charge is 0.326 e. The molecule has 0 aliphatic carbocycles. The van der Waals surface area contributed by atoms with Crippen LogP contribution in [0.15, 0.2) is 35.7 Å². The van der Waals surface area contributed by atoms with Crippen LogP contribution in [0.25, 0.3) is 0 Å². The van der Waals surface area contributed by atoms with Crippen molar-refractivity contribution in [3.8, 4) is 11.5 Å². The zero-order valence-electron chi connectivity index (χ0n) is 15.8. The standard InChI is InChI=1S/C19H22N2O6S/c1-12(18(23)20-10-16-5-4-6-28-16)27-17(22)11-21-19(24)13-7-14(25-2)9-15(8-13)26-3/h4-9,12H,10-11H2,1-3H3,(H,20,23)(H,21,24)/t12-/m1/s1. The van der Waals surface area contributed by atoms with E-state index in [1.54, 1.807) is 6.07 Å². The Labute approximate surface area is 166 Å². The normalized spacial score (nSPS) is 11.2. The third-order valence-corrected chi connectivity index (χ3v) is 4.58. The Balaban J connectivity index is 1.81. The third-order valence-electron chi connectivity index (χ3n) is 3.70. The second kappa shape index (κ2) is 10.3. The summed E-state index contributed by atoms with van der Waals surface area (Å²) >= 11 is 1.52. The molecule has 150 valence electrons. The highest BCUT2D eigenvalue weighted by molar-refractivity contribution is 7.09. The Morgan fingerprint density at radius 2 is 1.75 bits per heavy atom. The minimum atomic E-state index is -0.971. The number of nitrogens with one attached hydrogen (secondary N) is 2. The van der Waals surface area contributed by atoms with Gasteiger partial charge in [-0.2, -0.15) is 0 Å². The molecule has 0 fully saturated rings. The van der Waals surface area contributed by atoms with Gasteiger partial charge in [0.25, 0.3) is 11.8 Å². The van der Waals surface area contributed by atoms with Gasteiger partial charge in [-0.1, -0.05) is 6.07 Å². The van der Waals surface area contributed by atoms with E-state index in [-0.39, 0.29) is 12.1 Å². The van der Waals surface area contributed by atoms with Crippen LogP contribution in [0.5, 0.6) is 11.5 Å². The van der Waals surface area contributed by atoms with Crippen LogP contribution in [-0.4, -0.2) is 44.7 Å². The van der Waals surface area contributed by atoms with E-state index in [2.05, 4.69) is 10.6 Å². The van der Waals surface area contributed by atoms with E-state index in [4.69, 9.17) is 14.2 Å². The summed E-state index contributed by atoms with van der Waals surface area (Å²) in [5.74, 6) is -0.734. The first-order chi connectivity index (χ1) is 13.4. The predicted molar refractivity (Wildman–Crippen MR) is 104 cm³/mol. The molecule has 2 rings (SSSR count). The van der Waals surface area contributed by atoms with Crippen LogP contribution in [0.1, 0.15) is 22.2 Å². The zero-order chi connectivity index (χ0) is 20.5. The summed E-state index contributed by atoms with van der Waals surface area (Å²) in [5.41, 5.74) is 0.269. The molecule has 1 atom stereocenters.